The van der Waals surface area contributed by atoms with Gasteiger partial charge in [0, 0.05) is 34.6 Å². The van der Waals surface area contributed by atoms with Crippen LogP contribution in [0.4, 0.5) is 23.2 Å². The Hall–Kier alpha value is -4.30. The van der Waals surface area contributed by atoms with Crippen LogP contribution >= 0.6 is 0 Å². The zero-order valence-electron chi connectivity index (χ0n) is 17.3. The lowest BCUT2D eigenvalue weighted by molar-refractivity contribution is -0.207. The number of tetrazole rings is 1. The number of pyridine rings is 1. The van der Waals surface area contributed by atoms with Crippen molar-refractivity contribution >= 4 is 5.69 Å². The number of halogens is 4. The highest BCUT2D eigenvalue weighted by Gasteiger charge is 2.57. The monoisotopic (exact) mass is 468 g/mol. The SMILES string of the molecule is Nc1ccc(C#Cc2ccc(C(F)(F)C(O)(Cn3cnnn3)c3ccc(F)cc3F)nc2)cc1. The van der Waals surface area contributed by atoms with Crippen molar-refractivity contribution in [1.82, 2.24) is 25.2 Å². The van der Waals surface area contributed by atoms with Crippen molar-refractivity contribution in [2.45, 2.75) is 18.1 Å². The van der Waals surface area contributed by atoms with E-state index in [2.05, 4.69) is 32.4 Å². The van der Waals surface area contributed by atoms with Gasteiger partial charge in [0.1, 0.15) is 23.7 Å². The van der Waals surface area contributed by atoms with Crippen LogP contribution in [0.1, 0.15) is 22.4 Å². The second-order valence-corrected chi connectivity index (χ2v) is 7.37. The van der Waals surface area contributed by atoms with Gasteiger partial charge in [-0.05, 0) is 59.0 Å². The summed E-state index contributed by atoms with van der Waals surface area (Å²) in [5, 5.41) is 21.3. The van der Waals surface area contributed by atoms with Crippen LogP contribution in [0.3, 0.4) is 0 Å². The van der Waals surface area contributed by atoms with E-state index >= 15 is 8.78 Å². The van der Waals surface area contributed by atoms with E-state index in [1.165, 1.54) is 6.07 Å². The molecule has 0 aliphatic rings. The third-order valence-corrected chi connectivity index (χ3v) is 5.03. The van der Waals surface area contributed by atoms with E-state index in [0.717, 1.165) is 35.4 Å². The van der Waals surface area contributed by atoms with Crippen LogP contribution < -0.4 is 5.73 Å². The molecule has 2 aromatic carbocycles. The lowest BCUT2D eigenvalue weighted by Crippen LogP contribution is -2.48. The van der Waals surface area contributed by atoms with Crippen molar-refractivity contribution in [2.24, 2.45) is 0 Å². The summed E-state index contributed by atoms with van der Waals surface area (Å²) in [5.74, 6) is -0.848. The summed E-state index contributed by atoms with van der Waals surface area (Å²) >= 11 is 0. The number of hydrogen-bond donors (Lipinski definition) is 2. The molecule has 0 fully saturated rings. The van der Waals surface area contributed by atoms with Gasteiger partial charge in [-0.15, -0.1) is 5.10 Å². The van der Waals surface area contributed by atoms with Crippen LogP contribution in [0.2, 0.25) is 0 Å². The number of aromatic nitrogens is 5. The highest BCUT2D eigenvalue weighted by molar-refractivity contribution is 5.47. The summed E-state index contributed by atoms with van der Waals surface area (Å²) in [6.07, 6.45) is 2.08. The summed E-state index contributed by atoms with van der Waals surface area (Å²) in [5.41, 5.74) is 2.28. The lowest BCUT2D eigenvalue weighted by atomic mass is 9.84. The molecule has 172 valence electrons. The predicted octanol–water partition coefficient (Wildman–Crippen LogP) is 3.01. The molecule has 3 N–H and O–H groups in total. The van der Waals surface area contributed by atoms with Crippen LogP contribution in [0.25, 0.3) is 0 Å². The Kier molecular flexibility index (Phi) is 6.00. The van der Waals surface area contributed by atoms with Crippen LogP contribution in [-0.2, 0) is 18.1 Å². The molecule has 0 radical (unpaired) electrons. The molecule has 4 aromatic rings. The first-order valence-corrected chi connectivity index (χ1v) is 9.79. The van der Waals surface area contributed by atoms with E-state index in [1.807, 2.05) is 0 Å². The topological polar surface area (TPSA) is 103 Å². The van der Waals surface area contributed by atoms with Gasteiger partial charge in [-0.25, -0.2) is 13.5 Å². The highest BCUT2D eigenvalue weighted by Crippen LogP contribution is 2.46. The van der Waals surface area contributed by atoms with E-state index in [0.29, 0.717) is 22.9 Å². The normalized spacial score (nSPS) is 13.1. The average molecular weight is 468 g/mol. The largest absolute Gasteiger partial charge is 0.399 e. The molecule has 0 aliphatic carbocycles. The first kappa shape index (κ1) is 22.9. The molecule has 2 aromatic heterocycles. The standard InChI is InChI=1S/C23H16F4N6O/c24-17-6-9-19(20(25)11-17)22(34,13-33-14-30-31-32-33)23(26,27)21-10-5-16(12-29-21)2-1-15-3-7-18(28)8-4-15/h3-12,14,34H,13,28H2. The number of nitrogen functional groups attached to an aromatic ring is 1. The number of anilines is 1. The molecule has 11 heteroatoms. The van der Waals surface area contributed by atoms with Gasteiger partial charge >= 0.3 is 5.92 Å². The molecular formula is C23H16F4N6O. The summed E-state index contributed by atoms with van der Waals surface area (Å²) in [4.78, 5) is 3.75. The molecule has 0 saturated carbocycles. The van der Waals surface area contributed by atoms with E-state index < -0.39 is 41.0 Å². The Balaban J connectivity index is 1.71. The van der Waals surface area contributed by atoms with E-state index in [-0.39, 0.29) is 0 Å². The predicted molar refractivity (Wildman–Crippen MR) is 113 cm³/mol. The molecule has 4 rings (SSSR count). The smallest absolute Gasteiger partial charge is 0.323 e. The van der Waals surface area contributed by atoms with Crippen LogP contribution in [0.15, 0.2) is 67.1 Å². The molecule has 0 aliphatic heterocycles. The molecule has 0 spiro atoms. The molecule has 0 bridgehead atoms. The molecule has 0 amide bonds. The number of benzene rings is 2. The van der Waals surface area contributed by atoms with Gasteiger partial charge in [0.15, 0.2) is 5.60 Å². The van der Waals surface area contributed by atoms with Crippen molar-refractivity contribution in [2.75, 3.05) is 5.73 Å². The number of nitrogens with two attached hydrogens (primary N) is 1. The van der Waals surface area contributed by atoms with Crippen molar-refractivity contribution in [3.05, 3.63) is 101 Å². The van der Waals surface area contributed by atoms with E-state index in [1.54, 1.807) is 24.3 Å². The maximum Gasteiger partial charge on any atom is 0.323 e. The fourth-order valence-corrected chi connectivity index (χ4v) is 3.24. The summed E-state index contributed by atoms with van der Waals surface area (Å²) in [6.45, 7) is -0.935. The minimum Gasteiger partial charge on any atom is -0.399 e. The fourth-order valence-electron chi connectivity index (χ4n) is 3.24. The van der Waals surface area contributed by atoms with Crippen molar-refractivity contribution in [3.63, 3.8) is 0 Å². The first-order valence-electron chi connectivity index (χ1n) is 9.79. The van der Waals surface area contributed by atoms with Gasteiger partial charge in [-0.3, -0.25) is 4.98 Å². The third kappa shape index (κ3) is 4.44. The summed E-state index contributed by atoms with van der Waals surface area (Å²) < 4.78 is 60.1. The number of alkyl halides is 2. The number of aliphatic hydroxyl groups is 1. The van der Waals surface area contributed by atoms with Crippen LogP contribution in [0, 0.1) is 23.5 Å². The Morgan fingerprint density at radius 1 is 0.971 bits per heavy atom. The lowest BCUT2D eigenvalue weighted by Gasteiger charge is -2.35. The molecular weight excluding hydrogens is 452 g/mol. The Labute approximate surface area is 190 Å². The Morgan fingerprint density at radius 3 is 2.29 bits per heavy atom. The van der Waals surface area contributed by atoms with E-state index in [9.17, 15) is 13.9 Å². The molecule has 1 atom stereocenters. The molecule has 2 heterocycles. The zero-order chi connectivity index (χ0) is 24.3. The third-order valence-electron chi connectivity index (χ3n) is 5.03. The van der Waals surface area contributed by atoms with E-state index in [4.69, 9.17) is 5.73 Å². The van der Waals surface area contributed by atoms with Crippen molar-refractivity contribution < 1.29 is 22.7 Å². The Bertz CT molecular complexity index is 1350. The summed E-state index contributed by atoms with van der Waals surface area (Å²) in [7, 11) is 0. The van der Waals surface area contributed by atoms with Gasteiger partial charge in [-0.2, -0.15) is 8.78 Å². The van der Waals surface area contributed by atoms with Gasteiger partial charge in [0.25, 0.3) is 0 Å². The molecule has 7 nitrogen and oxygen atoms in total. The van der Waals surface area contributed by atoms with Gasteiger partial charge in [-0.1, -0.05) is 11.8 Å². The maximum absolute atomic E-state index is 15.7. The molecule has 0 saturated heterocycles. The van der Waals surface area contributed by atoms with Gasteiger partial charge in [0.05, 0.1) is 6.54 Å². The minimum atomic E-state index is -4.14. The highest BCUT2D eigenvalue weighted by atomic mass is 19.3. The van der Waals surface area contributed by atoms with Gasteiger partial charge < -0.3 is 10.8 Å². The summed E-state index contributed by atoms with van der Waals surface area (Å²) in [6, 6.07) is 10.9. The maximum atomic E-state index is 15.7. The number of nitrogens with zero attached hydrogens (tertiary/aromatic N) is 5. The molecule has 34 heavy (non-hydrogen) atoms. The minimum absolute atomic E-state index is 0.327. The zero-order valence-corrected chi connectivity index (χ0v) is 17.3. The second kappa shape index (κ2) is 8.92. The van der Waals surface area contributed by atoms with Crippen molar-refractivity contribution in [1.29, 1.82) is 0 Å². The fraction of sp³-hybridized carbons (Fsp3) is 0.130. The van der Waals surface area contributed by atoms with Crippen LogP contribution in [-0.4, -0.2) is 30.3 Å². The van der Waals surface area contributed by atoms with Crippen molar-refractivity contribution in [3.8, 4) is 11.8 Å². The Morgan fingerprint density at radius 2 is 1.68 bits per heavy atom. The van der Waals surface area contributed by atoms with Gasteiger partial charge in [0.2, 0.25) is 0 Å². The first-order chi connectivity index (χ1) is 16.2. The van der Waals surface area contributed by atoms with Crippen LogP contribution in [0.5, 0.6) is 0 Å². The second-order valence-electron chi connectivity index (χ2n) is 7.37. The quantitative estimate of drug-likeness (QED) is 0.265. The molecule has 1 unspecified atom stereocenters. The average Bonchev–Trinajstić information content (AvgIpc) is 3.31. The number of hydrogen-bond acceptors (Lipinski definition) is 6. The number of rotatable bonds is 5.